The molecule has 0 saturated carbocycles. The standard InChI is InChI=1S/C22H26N2O4/c1-23(14-15-28-20-11-9-19(27-2)10-12-20)22(26)16-17-5-7-18(8-6-17)24-13-3-4-21(24)25/h5-12H,3-4,13-16H2,1-2H3. The number of ether oxygens (including phenoxy) is 2. The maximum Gasteiger partial charge on any atom is 0.227 e. The number of rotatable bonds is 8. The number of anilines is 1. The summed E-state index contributed by atoms with van der Waals surface area (Å²) in [6.07, 6.45) is 1.85. The van der Waals surface area contributed by atoms with Gasteiger partial charge in [-0.05, 0) is 48.4 Å². The van der Waals surface area contributed by atoms with Gasteiger partial charge in [-0.25, -0.2) is 0 Å². The number of methoxy groups -OCH3 is 1. The number of benzene rings is 2. The summed E-state index contributed by atoms with van der Waals surface area (Å²) < 4.78 is 10.8. The van der Waals surface area contributed by atoms with Crippen molar-refractivity contribution in [1.29, 1.82) is 0 Å². The molecule has 2 amide bonds. The molecule has 0 radical (unpaired) electrons. The molecular formula is C22H26N2O4. The summed E-state index contributed by atoms with van der Waals surface area (Å²) in [6.45, 7) is 1.70. The highest BCUT2D eigenvalue weighted by atomic mass is 16.5. The molecule has 0 unspecified atom stereocenters. The Labute approximate surface area is 165 Å². The van der Waals surface area contributed by atoms with Crippen molar-refractivity contribution in [3.05, 3.63) is 54.1 Å². The van der Waals surface area contributed by atoms with E-state index in [9.17, 15) is 9.59 Å². The fourth-order valence-electron chi connectivity index (χ4n) is 3.12. The second kappa shape index (κ2) is 9.26. The smallest absolute Gasteiger partial charge is 0.227 e. The minimum atomic E-state index is 0.0309. The van der Waals surface area contributed by atoms with E-state index in [0.29, 0.717) is 26.0 Å². The molecule has 1 fully saturated rings. The number of nitrogens with zero attached hydrogens (tertiary/aromatic N) is 2. The molecule has 28 heavy (non-hydrogen) atoms. The molecule has 0 aromatic heterocycles. The van der Waals surface area contributed by atoms with Crippen LogP contribution in [0.3, 0.4) is 0 Å². The minimum Gasteiger partial charge on any atom is -0.497 e. The van der Waals surface area contributed by atoms with Gasteiger partial charge in [0, 0.05) is 25.7 Å². The van der Waals surface area contributed by atoms with Crippen molar-refractivity contribution in [2.24, 2.45) is 0 Å². The third-order valence-corrected chi connectivity index (χ3v) is 4.86. The summed E-state index contributed by atoms with van der Waals surface area (Å²) in [5, 5.41) is 0. The summed E-state index contributed by atoms with van der Waals surface area (Å²) in [6, 6.07) is 15.0. The van der Waals surface area contributed by atoms with Crippen molar-refractivity contribution in [1.82, 2.24) is 4.90 Å². The normalized spacial score (nSPS) is 13.5. The van der Waals surface area contributed by atoms with Crippen LogP contribution in [0.25, 0.3) is 0 Å². The lowest BCUT2D eigenvalue weighted by molar-refractivity contribution is -0.129. The number of carbonyl (C=O) groups is 2. The summed E-state index contributed by atoms with van der Waals surface area (Å²) in [5.41, 5.74) is 1.84. The van der Waals surface area contributed by atoms with E-state index >= 15 is 0 Å². The Morgan fingerprint density at radius 3 is 2.36 bits per heavy atom. The zero-order chi connectivity index (χ0) is 19.9. The van der Waals surface area contributed by atoms with Crippen LogP contribution in [-0.4, -0.2) is 50.6 Å². The Morgan fingerprint density at radius 2 is 1.75 bits per heavy atom. The molecule has 1 aliphatic rings. The molecule has 148 valence electrons. The van der Waals surface area contributed by atoms with Crippen LogP contribution in [0.15, 0.2) is 48.5 Å². The van der Waals surface area contributed by atoms with Crippen molar-refractivity contribution >= 4 is 17.5 Å². The minimum absolute atomic E-state index is 0.0309. The van der Waals surface area contributed by atoms with E-state index in [1.54, 1.807) is 24.0 Å². The molecule has 1 aliphatic heterocycles. The highest BCUT2D eigenvalue weighted by Crippen LogP contribution is 2.22. The van der Waals surface area contributed by atoms with Crippen LogP contribution in [0.4, 0.5) is 5.69 Å². The summed E-state index contributed by atoms with van der Waals surface area (Å²) >= 11 is 0. The van der Waals surface area contributed by atoms with Crippen LogP contribution < -0.4 is 14.4 Å². The van der Waals surface area contributed by atoms with E-state index in [1.165, 1.54) is 0 Å². The molecule has 2 aromatic carbocycles. The van der Waals surface area contributed by atoms with Crippen LogP contribution in [0.1, 0.15) is 18.4 Å². The molecule has 0 N–H and O–H groups in total. The average Bonchev–Trinajstić information content (AvgIpc) is 3.15. The topological polar surface area (TPSA) is 59.1 Å². The van der Waals surface area contributed by atoms with Gasteiger partial charge in [0.1, 0.15) is 18.1 Å². The van der Waals surface area contributed by atoms with E-state index in [-0.39, 0.29) is 11.8 Å². The second-order valence-corrected chi connectivity index (χ2v) is 6.83. The zero-order valence-electron chi connectivity index (χ0n) is 16.4. The fourth-order valence-corrected chi connectivity index (χ4v) is 3.12. The van der Waals surface area contributed by atoms with E-state index in [0.717, 1.165) is 35.7 Å². The van der Waals surface area contributed by atoms with Gasteiger partial charge in [0.15, 0.2) is 0 Å². The summed E-state index contributed by atoms with van der Waals surface area (Å²) in [5.74, 6) is 1.72. The predicted molar refractivity (Wildman–Crippen MR) is 108 cm³/mol. The Balaban J connectivity index is 1.45. The van der Waals surface area contributed by atoms with Gasteiger partial charge in [0.05, 0.1) is 20.1 Å². The highest BCUT2D eigenvalue weighted by molar-refractivity contribution is 5.95. The summed E-state index contributed by atoms with van der Waals surface area (Å²) in [7, 11) is 3.40. The average molecular weight is 382 g/mol. The molecular weight excluding hydrogens is 356 g/mol. The van der Waals surface area contributed by atoms with Crippen LogP contribution >= 0.6 is 0 Å². The van der Waals surface area contributed by atoms with Gasteiger partial charge in [0.25, 0.3) is 0 Å². The van der Waals surface area contributed by atoms with E-state index in [1.807, 2.05) is 48.5 Å². The molecule has 1 saturated heterocycles. The van der Waals surface area contributed by atoms with E-state index < -0.39 is 0 Å². The maximum absolute atomic E-state index is 12.4. The largest absolute Gasteiger partial charge is 0.497 e. The van der Waals surface area contributed by atoms with Crippen molar-refractivity contribution in [3.8, 4) is 11.5 Å². The summed E-state index contributed by atoms with van der Waals surface area (Å²) in [4.78, 5) is 27.7. The van der Waals surface area contributed by atoms with Crippen molar-refractivity contribution < 1.29 is 19.1 Å². The van der Waals surface area contributed by atoms with E-state index in [2.05, 4.69) is 0 Å². The van der Waals surface area contributed by atoms with Crippen LogP contribution in [0.2, 0.25) is 0 Å². The maximum atomic E-state index is 12.4. The lowest BCUT2D eigenvalue weighted by atomic mass is 10.1. The first kappa shape index (κ1) is 19.7. The molecule has 0 atom stereocenters. The van der Waals surface area contributed by atoms with Gasteiger partial charge < -0.3 is 19.3 Å². The molecule has 0 spiro atoms. The fraction of sp³-hybridized carbons (Fsp3) is 0.364. The Hall–Kier alpha value is -3.02. The third kappa shape index (κ3) is 5.03. The highest BCUT2D eigenvalue weighted by Gasteiger charge is 2.21. The zero-order valence-corrected chi connectivity index (χ0v) is 16.4. The third-order valence-electron chi connectivity index (χ3n) is 4.86. The molecule has 6 nitrogen and oxygen atoms in total. The van der Waals surface area contributed by atoms with Gasteiger partial charge in [-0.1, -0.05) is 12.1 Å². The molecule has 2 aromatic rings. The molecule has 1 heterocycles. The van der Waals surface area contributed by atoms with Crippen LogP contribution in [0, 0.1) is 0 Å². The van der Waals surface area contributed by atoms with Gasteiger partial charge >= 0.3 is 0 Å². The number of likely N-dealkylation sites (N-methyl/N-ethyl adjacent to an activating group) is 1. The number of carbonyl (C=O) groups excluding carboxylic acids is 2. The predicted octanol–water partition coefficient (Wildman–Crippen LogP) is 2.90. The quantitative estimate of drug-likeness (QED) is 0.704. The first-order valence-electron chi connectivity index (χ1n) is 9.47. The van der Waals surface area contributed by atoms with Crippen molar-refractivity contribution in [2.75, 3.05) is 38.8 Å². The van der Waals surface area contributed by atoms with Gasteiger partial charge in [-0.3, -0.25) is 9.59 Å². The van der Waals surface area contributed by atoms with Gasteiger partial charge in [0.2, 0.25) is 11.8 Å². The van der Waals surface area contributed by atoms with Crippen molar-refractivity contribution in [2.45, 2.75) is 19.3 Å². The van der Waals surface area contributed by atoms with Crippen LogP contribution in [-0.2, 0) is 16.0 Å². The Bertz CT molecular complexity index is 802. The van der Waals surface area contributed by atoms with E-state index in [4.69, 9.17) is 9.47 Å². The number of hydrogen-bond acceptors (Lipinski definition) is 4. The van der Waals surface area contributed by atoms with Crippen LogP contribution in [0.5, 0.6) is 11.5 Å². The monoisotopic (exact) mass is 382 g/mol. The lowest BCUT2D eigenvalue weighted by Gasteiger charge is -2.18. The molecule has 3 rings (SSSR count). The molecule has 0 bridgehead atoms. The SMILES string of the molecule is COc1ccc(OCCN(C)C(=O)Cc2ccc(N3CCCC3=O)cc2)cc1. The molecule has 6 heteroatoms. The number of amides is 2. The Kier molecular flexibility index (Phi) is 6.53. The Morgan fingerprint density at radius 1 is 1.07 bits per heavy atom. The van der Waals surface area contributed by atoms with Crippen molar-refractivity contribution in [3.63, 3.8) is 0 Å². The van der Waals surface area contributed by atoms with Gasteiger partial charge in [-0.15, -0.1) is 0 Å². The first-order valence-corrected chi connectivity index (χ1v) is 9.47. The number of hydrogen-bond donors (Lipinski definition) is 0. The lowest BCUT2D eigenvalue weighted by Crippen LogP contribution is -2.32. The molecule has 0 aliphatic carbocycles. The first-order chi connectivity index (χ1) is 13.6. The van der Waals surface area contributed by atoms with Gasteiger partial charge in [-0.2, -0.15) is 0 Å². The second-order valence-electron chi connectivity index (χ2n) is 6.83.